The van der Waals surface area contributed by atoms with Gasteiger partial charge in [0.2, 0.25) is 11.5 Å². The van der Waals surface area contributed by atoms with Crippen LogP contribution in [0, 0.1) is 29.6 Å². The molecule has 0 spiro atoms. The Labute approximate surface area is 253 Å². The maximum absolute atomic E-state index is 13.6. The number of carbonyl (C=O) groups excluding carboxylic acids is 4. The third-order valence-electron chi connectivity index (χ3n) is 9.92. The first-order chi connectivity index (χ1) is 20.7. The van der Waals surface area contributed by atoms with E-state index in [9.17, 15) is 32.1 Å². The first kappa shape index (κ1) is 29.0. The number of esters is 3. The van der Waals surface area contributed by atoms with Crippen molar-refractivity contribution in [2.45, 2.75) is 76.5 Å². The second-order valence-electron chi connectivity index (χ2n) is 13.2. The Morgan fingerprint density at radius 3 is 2.27 bits per heavy atom. The number of rotatable bonds is 7. The summed E-state index contributed by atoms with van der Waals surface area (Å²) >= 11 is 0. The molecule has 7 rings (SSSR count). The highest BCUT2D eigenvalue weighted by Gasteiger charge is 2.54. The minimum atomic E-state index is -4.59. The number of benzene rings is 2. The molecule has 4 aliphatic rings. The van der Waals surface area contributed by atoms with Crippen molar-refractivity contribution < 1.29 is 50.8 Å². The fourth-order valence-electron chi connectivity index (χ4n) is 7.96. The van der Waals surface area contributed by atoms with Gasteiger partial charge in [0, 0.05) is 11.8 Å². The van der Waals surface area contributed by atoms with Crippen LogP contribution in [0.3, 0.4) is 0 Å². The number of fused-ring (bicyclic) bond motifs is 3. The van der Waals surface area contributed by atoms with Gasteiger partial charge in [-0.2, -0.15) is 8.42 Å². The molecule has 3 fully saturated rings. The summed E-state index contributed by atoms with van der Waals surface area (Å²) in [6.07, 6.45) is 3.76. The van der Waals surface area contributed by atoms with Crippen LogP contribution in [0.1, 0.15) is 103 Å². The normalized spacial score (nSPS) is 25.8. The zero-order valence-corrected chi connectivity index (χ0v) is 25.5. The standard InChI is InChI=1S/C32H32O11S/c1-12(2)18-10-16(11-19(13(3)4)29(18)44(37,38)39)40-31(35)22-23-26-28(43-32(23)36)27(25(22)41-26)42-30(34)21-9-15-7-14-5-6-17(21)20(8-14)24(15)33/h10-15,17,20-21H,5-9H2,1-4H3,(H,37,38,39). The number of hydrogen-bond donors (Lipinski definition) is 1. The number of hydrogen-bond acceptors (Lipinski definition) is 10. The third-order valence-corrected chi connectivity index (χ3v) is 10.9. The summed E-state index contributed by atoms with van der Waals surface area (Å²) in [4.78, 5) is 52.6. The molecule has 1 N–H and O–H groups in total. The summed E-state index contributed by atoms with van der Waals surface area (Å²) in [5.74, 6) is -3.48. The minimum Gasteiger partial charge on any atom is -0.447 e. The van der Waals surface area contributed by atoms with Crippen molar-refractivity contribution in [3.05, 3.63) is 34.4 Å². The fraction of sp³-hybridized carbons (Fsp3) is 0.500. The monoisotopic (exact) mass is 624 g/mol. The highest BCUT2D eigenvalue weighted by Crippen LogP contribution is 2.55. The lowest BCUT2D eigenvalue weighted by Gasteiger charge is -2.49. The Hall–Kier alpha value is -3.77. The molecule has 5 unspecified atom stereocenters. The molecule has 0 radical (unpaired) electrons. The van der Waals surface area contributed by atoms with Crippen LogP contribution in [0.5, 0.6) is 17.2 Å². The average Bonchev–Trinajstić information content (AvgIpc) is 3.55. The second kappa shape index (κ2) is 9.87. The fourth-order valence-corrected chi connectivity index (χ4v) is 9.15. The van der Waals surface area contributed by atoms with E-state index in [0.29, 0.717) is 12.3 Å². The van der Waals surface area contributed by atoms with Gasteiger partial charge in [-0.15, -0.1) is 0 Å². The van der Waals surface area contributed by atoms with Crippen LogP contribution in [0.15, 0.2) is 21.4 Å². The summed E-state index contributed by atoms with van der Waals surface area (Å²) in [5.41, 5.74) is -0.0736. The highest BCUT2D eigenvalue weighted by atomic mass is 32.2. The largest absolute Gasteiger partial charge is 0.447 e. The first-order valence-corrected chi connectivity index (χ1v) is 16.4. The van der Waals surface area contributed by atoms with Crippen molar-refractivity contribution in [2.75, 3.05) is 0 Å². The molecule has 3 saturated carbocycles. The molecule has 1 aliphatic heterocycles. The second-order valence-corrected chi connectivity index (χ2v) is 14.6. The molecular weight excluding hydrogens is 592 g/mol. The van der Waals surface area contributed by atoms with Gasteiger partial charge in [0.25, 0.3) is 10.1 Å². The van der Waals surface area contributed by atoms with Crippen molar-refractivity contribution in [1.29, 1.82) is 0 Å². The summed E-state index contributed by atoms with van der Waals surface area (Å²) in [5, 5.41) is 0. The number of Topliss-reactive ketones (excluding diaryl/α,β-unsaturated/α-hetero) is 1. The molecule has 5 bridgehead atoms. The van der Waals surface area contributed by atoms with Crippen molar-refractivity contribution >= 4 is 45.0 Å². The maximum atomic E-state index is 13.6. The van der Waals surface area contributed by atoms with E-state index in [1.807, 2.05) is 0 Å². The van der Waals surface area contributed by atoms with Crippen molar-refractivity contribution in [3.63, 3.8) is 0 Å². The number of furan rings is 2. The van der Waals surface area contributed by atoms with Crippen molar-refractivity contribution in [1.82, 2.24) is 0 Å². The van der Waals surface area contributed by atoms with Gasteiger partial charge in [0.05, 0.1) is 5.92 Å². The number of ether oxygens (including phenoxy) is 3. The molecular formula is C32H32O11S. The van der Waals surface area contributed by atoms with Crippen molar-refractivity contribution in [3.8, 4) is 17.2 Å². The maximum Gasteiger partial charge on any atom is 0.348 e. The van der Waals surface area contributed by atoms with Gasteiger partial charge < -0.3 is 18.6 Å². The molecule has 3 aromatic rings. The van der Waals surface area contributed by atoms with E-state index in [2.05, 4.69) is 0 Å². The van der Waals surface area contributed by atoms with Crippen LogP contribution in [0.4, 0.5) is 0 Å². The van der Waals surface area contributed by atoms with Crippen LogP contribution in [0.25, 0.3) is 11.2 Å². The molecule has 0 amide bonds. The Kier molecular flexibility index (Phi) is 6.50. The average molecular weight is 625 g/mol. The van der Waals surface area contributed by atoms with Crippen LogP contribution in [0.2, 0.25) is 0 Å². The lowest BCUT2D eigenvalue weighted by atomic mass is 9.53. The lowest BCUT2D eigenvalue weighted by molar-refractivity contribution is -0.155. The van der Waals surface area contributed by atoms with Gasteiger partial charge in [0.15, 0.2) is 11.2 Å². The SMILES string of the molecule is CC(C)c1cc(OC(=O)c2c3c4oc2c(OC(=O)C2CC5CC6CCC2C(C6)C5=O)c4OC3=O)cc(C(C)C)c1S(=O)(=O)O. The quantitative estimate of drug-likeness (QED) is 0.196. The van der Waals surface area contributed by atoms with E-state index in [1.54, 1.807) is 27.7 Å². The van der Waals surface area contributed by atoms with E-state index in [4.69, 9.17) is 18.6 Å². The molecule has 232 valence electrons. The predicted octanol–water partition coefficient (Wildman–Crippen LogP) is 5.66. The van der Waals surface area contributed by atoms with Gasteiger partial charge in [-0.25, -0.2) is 9.59 Å². The van der Waals surface area contributed by atoms with E-state index in [-0.39, 0.29) is 90.9 Å². The smallest absolute Gasteiger partial charge is 0.348 e. The predicted molar refractivity (Wildman–Crippen MR) is 153 cm³/mol. The van der Waals surface area contributed by atoms with E-state index >= 15 is 0 Å². The molecule has 5 atom stereocenters. The summed E-state index contributed by atoms with van der Waals surface area (Å²) in [6, 6.07) is 2.72. The Morgan fingerprint density at radius 2 is 1.64 bits per heavy atom. The zero-order valence-electron chi connectivity index (χ0n) is 24.7. The number of ketones is 1. The molecule has 3 heterocycles. The first-order valence-electron chi connectivity index (χ1n) is 15.0. The van der Waals surface area contributed by atoms with E-state index < -0.39 is 33.9 Å². The summed E-state index contributed by atoms with van der Waals surface area (Å²) in [6.45, 7) is 6.96. The van der Waals surface area contributed by atoms with Gasteiger partial charge in [0.1, 0.15) is 27.6 Å². The van der Waals surface area contributed by atoms with Crippen LogP contribution in [-0.2, 0) is 19.7 Å². The van der Waals surface area contributed by atoms with Crippen LogP contribution in [-0.4, -0.2) is 36.7 Å². The van der Waals surface area contributed by atoms with E-state index in [1.165, 1.54) is 12.1 Å². The molecule has 0 saturated heterocycles. The Balaban J connectivity index is 1.22. The molecule has 11 nitrogen and oxygen atoms in total. The minimum absolute atomic E-state index is 0.000554. The third kappa shape index (κ3) is 4.28. The van der Waals surface area contributed by atoms with Gasteiger partial charge in [-0.1, -0.05) is 34.1 Å². The summed E-state index contributed by atoms with van der Waals surface area (Å²) in [7, 11) is -4.59. The molecule has 1 aromatic carbocycles. The van der Waals surface area contributed by atoms with Gasteiger partial charge in [-0.3, -0.25) is 14.1 Å². The van der Waals surface area contributed by atoms with E-state index in [0.717, 1.165) is 25.7 Å². The molecule has 44 heavy (non-hydrogen) atoms. The summed E-state index contributed by atoms with van der Waals surface area (Å²) < 4.78 is 57.1. The molecule has 2 aromatic heterocycles. The Bertz CT molecular complexity index is 1830. The lowest BCUT2D eigenvalue weighted by Crippen LogP contribution is -2.51. The molecule has 12 heteroatoms. The Morgan fingerprint density at radius 1 is 0.955 bits per heavy atom. The number of carbonyl (C=O) groups is 4. The van der Waals surface area contributed by atoms with Gasteiger partial charge >= 0.3 is 17.9 Å². The van der Waals surface area contributed by atoms with Crippen LogP contribution >= 0.6 is 0 Å². The topological polar surface area (TPSA) is 163 Å². The van der Waals surface area contributed by atoms with Crippen LogP contribution < -0.4 is 14.2 Å². The zero-order chi connectivity index (χ0) is 31.4. The van der Waals surface area contributed by atoms with Gasteiger partial charge in [-0.05, 0) is 72.6 Å². The molecule has 3 aliphatic carbocycles. The van der Waals surface area contributed by atoms with Crippen molar-refractivity contribution in [2.24, 2.45) is 29.6 Å². The highest BCUT2D eigenvalue weighted by molar-refractivity contribution is 7.86.